The number of carboxylic acids is 1. The number of aromatic nitrogens is 1. The fourth-order valence-corrected chi connectivity index (χ4v) is 1.59. The van der Waals surface area contributed by atoms with E-state index in [1.54, 1.807) is 30.3 Å². The fraction of sp³-hybridized carbons (Fsp3) is 0. The van der Waals surface area contributed by atoms with Gasteiger partial charge in [0.2, 0.25) is 5.88 Å². The van der Waals surface area contributed by atoms with E-state index in [-0.39, 0.29) is 18.0 Å². The van der Waals surface area contributed by atoms with Gasteiger partial charge in [-0.3, -0.25) is 0 Å². The number of nitrogens with zero attached hydrogens (tertiary/aromatic N) is 1. The molecule has 1 aromatic carbocycles. The lowest BCUT2D eigenvalue weighted by Crippen LogP contribution is -1.96. The second-order valence-corrected chi connectivity index (χ2v) is 4.05. The van der Waals surface area contributed by atoms with Crippen molar-refractivity contribution in [1.29, 1.82) is 0 Å². The number of hydrogen-bond acceptors (Lipinski definition) is 3. The van der Waals surface area contributed by atoms with E-state index in [0.717, 1.165) is 0 Å². The summed E-state index contributed by atoms with van der Waals surface area (Å²) in [6, 6.07) is 11.5. The van der Waals surface area contributed by atoms with Crippen molar-refractivity contribution in [3.63, 3.8) is 0 Å². The molecule has 1 aromatic heterocycles. The van der Waals surface area contributed by atoms with E-state index in [4.69, 9.17) is 9.84 Å². The summed E-state index contributed by atoms with van der Waals surface area (Å²) in [7, 11) is 0. The van der Waals surface area contributed by atoms with Gasteiger partial charge in [-0.25, -0.2) is 9.78 Å². The van der Waals surface area contributed by atoms with Crippen LogP contribution in [0.5, 0.6) is 11.6 Å². The number of carbonyl (C=O) groups is 1. The van der Waals surface area contributed by atoms with E-state index < -0.39 is 5.97 Å². The molecule has 0 atom stereocenters. The highest BCUT2D eigenvalue weighted by atomic mass is 79.9. The molecular weight excluding hydrogens is 321 g/mol. The second-order valence-electron chi connectivity index (χ2n) is 3.23. The zero-order chi connectivity index (χ0) is 12.3. The number of ether oxygens (including phenoxy) is 1. The van der Waals surface area contributed by atoms with Gasteiger partial charge in [0, 0.05) is 6.07 Å². The number of carboxylic acid groups (broad SMARTS) is 1. The SMILES string of the molecule is Cl.O=C(O)c1cccc(Oc2cccc(Br)n2)c1. The molecule has 1 N–H and O–H groups in total. The summed E-state index contributed by atoms with van der Waals surface area (Å²) in [5, 5.41) is 8.84. The number of hydrogen-bond donors (Lipinski definition) is 1. The highest BCUT2D eigenvalue weighted by Gasteiger charge is 2.05. The van der Waals surface area contributed by atoms with Gasteiger partial charge < -0.3 is 9.84 Å². The van der Waals surface area contributed by atoms with E-state index in [0.29, 0.717) is 16.2 Å². The molecule has 0 saturated heterocycles. The van der Waals surface area contributed by atoms with E-state index >= 15 is 0 Å². The van der Waals surface area contributed by atoms with Gasteiger partial charge in [0.05, 0.1) is 5.56 Å². The van der Waals surface area contributed by atoms with Crippen LogP contribution in [0.1, 0.15) is 10.4 Å². The van der Waals surface area contributed by atoms with Gasteiger partial charge in [-0.1, -0.05) is 12.1 Å². The van der Waals surface area contributed by atoms with Crippen molar-refractivity contribution >= 4 is 34.3 Å². The average Bonchev–Trinajstić information content (AvgIpc) is 2.29. The molecule has 0 aliphatic rings. The Hall–Kier alpha value is -1.59. The average molecular weight is 331 g/mol. The third-order valence-electron chi connectivity index (χ3n) is 1.99. The summed E-state index contributed by atoms with van der Waals surface area (Å²) in [5.74, 6) is -0.143. The molecular formula is C12H9BrClNO3. The summed E-state index contributed by atoms with van der Waals surface area (Å²) in [6.45, 7) is 0. The quantitative estimate of drug-likeness (QED) is 0.871. The van der Waals surface area contributed by atoms with Crippen LogP contribution in [-0.4, -0.2) is 16.1 Å². The Morgan fingerprint density at radius 1 is 1.22 bits per heavy atom. The van der Waals surface area contributed by atoms with Gasteiger partial charge in [0.25, 0.3) is 0 Å². The molecule has 18 heavy (non-hydrogen) atoms. The summed E-state index contributed by atoms with van der Waals surface area (Å²) in [6.07, 6.45) is 0. The molecule has 1 heterocycles. The molecule has 0 amide bonds. The van der Waals surface area contributed by atoms with Crippen LogP contribution in [0.3, 0.4) is 0 Å². The van der Waals surface area contributed by atoms with Crippen molar-refractivity contribution in [2.24, 2.45) is 0 Å². The fourth-order valence-electron chi connectivity index (χ4n) is 1.26. The first kappa shape index (κ1) is 14.5. The molecule has 94 valence electrons. The minimum absolute atomic E-state index is 0. The Bertz CT molecular complexity index is 563. The molecule has 6 heteroatoms. The van der Waals surface area contributed by atoms with Crippen LogP contribution in [0, 0.1) is 0 Å². The molecule has 0 bridgehead atoms. The standard InChI is InChI=1S/C12H8BrNO3.ClH/c13-10-5-2-6-11(14-10)17-9-4-1-3-8(7-9)12(15)16;/h1-7H,(H,15,16);1H. The van der Waals surface area contributed by atoms with E-state index in [1.807, 2.05) is 0 Å². The van der Waals surface area contributed by atoms with Crippen molar-refractivity contribution in [1.82, 2.24) is 4.98 Å². The first-order valence-corrected chi connectivity index (χ1v) is 5.58. The van der Waals surface area contributed by atoms with Gasteiger partial charge in [-0.15, -0.1) is 12.4 Å². The molecule has 0 aliphatic heterocycles. The lowest BCUT2D eigenvalue weighted by atomic mass is 10.2. The highest BCUT2D eigenvalue weighted by molar-refractivity contribution is 9.10. The van der Waals surface area contributed by atoms with Crippen LogP contribution < -0.4 is 4.74 Å². The zero-order valence-electron chi connectivity index (χ0n) is 9.04. The Balaban J connectivity index is 0.00000162. The van der Waals surface area contributed by atoms with E-state index in [2.05, 4.69) is 20.9 Å². The Labute approximate surface area is 118 Å². The Morgan fingerprint density at radius 2 is 1.94 bits per heavy atom. The monoisotopic (exact) mass is 329 g/mol. The number of aromatic carboxylic acids is 1. The minimum Gasteiger partial charge on any atom is -0.478 e. The van der Waals surface area contributed by atoms with Crippen molar-refractivity contribution in [3.05, 3.63) is 52.6 Å². The molecule has 2 aromatic rings. The second kappa shape index (κ2) is 6.37. The van der Waals surface area contributed by atoms with Crippen LogP contribution in [-0.2, 0) is 0 Å². The van der Waals surface area contributed by atoms with Crippen LogP contribution in [0.15, 0.2) is 47.1 Å². The van der Waals surface area contributed by atoms with Crippen LogP contribution in [0.2, 0.25) is 0 Å². The van der Waals surface area contributed by atoms with Gasteiger partial charge in [-0.05, 0) is 40.2 Å². The number of pyridine rings is 1. The topological polar surface area (TPSA) is 59.4 Å². The summed E-state index contributed by atoms with van der Waals surface area (Å²) < 4.78 is 6.10. The van der Waals surface area contributed by atoms with Crippen LogP contribution in [0.25, 0.3) is 0 Å². The lowest BCUT2D eigenvalue weighted by Gasteiger charge is -2.05. The third kappa shape index (κ3) is 3.72. The molecule has 0 aliphatic carbocycles. The molecule has 0 unspecified atom stereocenters. The normalized spacial score (nSPS) is 9.39. The van der Waals surface area contributed by atoms with Crippen molar-refractivity contribution in [2.75, 3.05) is 0 Å². The van der Waals surface area contributed by atoms with E-state index in [1.165, 1.54) is 12.1 Å². The minimum atomic E-state index is -0.988. The summed E-state index contributed by atoms with van der Waals surface area (Å²) in [4.78, 5) is 14.9. The Kier molecular flexibility index (Phi) is 5.12. The molecule has 4 nitrogen and oxygen atoms in total. The summed E-state index contributed by atoms with van der Waals surface area (Å²) >= 11 is 3.23. The lowest BCUT2D eigenvalue weighted by molar-refractivity contribution is 0.0696. The number of benzene rings is 1. The van der Waals surface area contributed by atoms with Gasteiger partial charge in [0.15, 0.2) is 0 Å². The van der Waals surface area contributed by atoms with E-state index in [9.17, 15) is 4.79 Å². The van der Waals surface area contributed by atoms with Gasteiger partial charge in [0.1, 0.15) is 10.4 Å². The maximum Gasteiger partial charge on any atom is 0.335 e. The maximum atomic E-state index is 10.8. The van der Waals surface area contributed by atoms with Crippen LogP contribution >= 0.6 is 28.3 Å². The zero-order valence-corrected chi connectivity index (χ0v) is 11.4. The van der Waals surface area contributed by atoms with Crippen molar-refractivity contribution in [2.45, 2.75) is 0 Å². The predicted molar refractivity (Wildman–Crippen MR) is 72.7 cm³/mol. The molecule has 0 fully saturated rings. The molecule has 0 saturated carbocycles. The number of halogens is 2. The Morgan fingerprint density at radius 3 is 2.61 bits per heavy atom. The smallest absolute Gasteiger partial charge is 0.335 e. The predicted octanol–water partition coefficient (Wildman–Crippen LogP) is 3.76. The number of rotatable bonds is 3. The first-order chi connectivity index (χ1) is 8.15. The first-order valence-electron chi connectivity index (χ1n) is 4.79. The molecule has 2 rings (SSSR count). The molecule has 0 radical (unpaired) electrons. The van der Waals surface area contributed by atoms with Gasteiger partial charge >= 0.3 is 5.97 Å². The van der Waals surface area contributed by atoms with Gasteiger partial charge in [-0.2, -0.15) is 0 Å². The maximum absolute atomic E-state index is 10.8. The summed E-state index contributed by atoms with van der Waals surface area (Å²) in [5.41, 5.74) is 0.178. The van der Waals surface area contributed by atoms with Crippen molar-refractivity contribution in [3.8, 4) is 11.6 Å². The van der Waals surface area contributed by atoms with Crippen molar-refractivity contribution < 1.29 is 14.6 Å². The molecule has 0 spiro atoms. The van der Waals surface area contributed by atoms with Crippen LogP contribution in [0.4, 0.5) is 0 Å². The third-order valence-corrected chi connectivity index (χ3v) is 2.43. The largest absolute Gasteiger partial charge is 0.478 e. The highest BCUT2D eigenvalue weighted by Crippen LogP contribution is 2.21.